The van der Waals surface area contributed by atoms with Crippen LogP contribution in [0.25, 0.3) is 0 Å². The van der Waals surface area contributed by atoms with E-state index in [2.05, 4.69) is 6.07 Å². The molecule has 0 aliphatic rings. The number of furan rings is 1. The largest absolute Gasteiger partial charge is 0.466 e. The van der Waals surface area contributed by atoms with Crippen molar-refractivity contribution < 1.29 is 9.15 Å². The SMILES string of the molecule is COCc1[c]cco1. The first-order valence-corrected chi connectivity index (χ1v) is 2.36. The lowest BCUT2D eigenvalue weighted by Crippen LogP contribution is -1.81. The van der Waals surface area contributed by atoms with Crippen LogP contribution >= 0.6 is 0 Å². The smallest absolute Gasteiger partial charge is 0.137 e. The van der Waals surface area contributed by atoms with E-state index in [0.717, 1.165) is 5.76 Å². The van der Waals surface area contributed by atoms with Gasteiger partial charge in [0.15, 0.2) is 0 Å². The van der Waals surface area contributed by atoms with Crippen molar-refractivity contribution in [1.29, 1.82) is 0 Å². The molecule has 0 fully saturated rings. The molecule has 1 aromatic rings. The van der Waals surface area contributed by atoms with Crippen molar-refractivity contribution in [2.24, 2.45) is 0 Å². The summed E-state index contributed by atoms with van der Waals surface area (Å²) in [6.07, 6.45) is 1.58. The normalized spacial score (nSPS) is 9.62. The van der Waals surface area contributed by atoms with E-state index in [1.165, 1.54) is 0 Å². The van der Waals surface area contributed by atoms with Gasteiger partial charge in [-0.15, -0.1) is 0 Å². The average Bonchev–Trinajstić information content (AvgIpc) is 2.19. The van der Waals surface area contributed by atoms with Crippen molar-refractivity contribution in [3.63, 3.8) is 0 Å². The molecule has 1 aromatic heterocycles. The Morgan fingerprint density at radius 2 is 2.75 bits per heavy atom. The maximum atomic E-state index is 4.89. The highest BCUT2D eigenvalue weighted by Gasteiger charge is 1.90. The van der Waals surface area contributed by atoms with Crippen LogP contribution in [0.1, 0.15) is 5.76 Å². The maximum Gasteiger partial charge on any atom is 0.137 e. The van der Waals surface area contributed by atoms with Gasteiger partial charge in [0, 0.05) is 13.2 Å². The molecule has 2 heteroatoms. The minimum Gasteiger partial charge on any atom is -0.466 e. The molecule has 43 valence electrons. The van der Waals surface area contributed by atoms with Gasteiger partial charge in [-0.05, 0) is 6.07 Å². The van der Waals surface area contributed by atoms with Crippen molar-refractivity contribution in [3.8, 4) is 0 Å². The number of methoxy groups -OCH3 is 1. The van der Waals surface area contributed by atoms with Gasteiger partial charge in [0.1, 0.15) is 12.4 Å². The van der Waals surface area contributed by atoms with E-state index in [4.69, 9.17) is 9.15 Å². The quantitative estimate of drug-likeness (QED) is 0.572. The molecule has 0 saturated heterocycles. The molecule has 0 spiro atoms. The van der Waals surface area contributed by atoms with Crippen LogP contribution in [-0.2, 0) is 11.3 Å². The van der Waals surface area contributed by atoms with Crippen LogP contribution in [-0.4, -0.2) is 7.11 Å². The first-order chi connectivity index (χ1) is 3.93. The van der Waals surface area contributed by atoms with Crippen molar-refractivity contribution in [2.75, 3.05) is 7.11 Å². The Kier molecular flexibility index (Phi) is 1.70. The van der Waals surface area contributed by atoms with Gasteiger partial charge in [0.05, 0.1) is 6.26 Å². The van der Waals surface area contributed by atoms with Gasteiger partial charge in [0.2, 0.25) is 0 Å². The summed E-state index contributed by atoms with van der Waals surface area (Å²) in [6.45, 7) is 0.507. The molecule has 2 nitrogen and oxygen atoms in total. The summed E-state index contributed by atoms with van der Waals surface area (Å²) in [7, 11) is 1.62. The Morgan fingerprint density at radius 1 is 1.88 bits per heavy atom. The number of rotatable bonds is 2. The number of hydrogen-bond donors (Lipinski definition) is 0. The Balaban J connectivity index is 2.50. The monoisotopic (exact) mass is 111 g/mol. The van der Waals surface area contributed by atoms with Crippen molar-refractivity contribution in [1.82, 2.24) is 0 Å². The lowest BCUT2D eigenvalue weighted by atomic mass is 10.5. The summed E-state index contributed by atoms with van der Waals surface area (Å²) >= 11 is 0. The fraction of sp³-hybridized carbons (Fsp3) is 0.333. The Bertz CT molecular complexity index is 132. The number of hydrogen-bond acceptors (Lipinski definition) is 2. The molecule has 8 heavy (non-hydrogen) atoms. The molecule has 0 aromatic carbocycles. The zero-order valence-electron chi connectivity index (χ0n) is 4.68. The lowest BCUT2D eigenvalue weighted by molar-refractivity contribution is 0.164. The summed E-state index contributed by atoms with van der Waals surface area (Å²) in [6, 6.07) is 4.56. The lowest BCUT2D eigenvalue weighted by Gasteiger charge is -1.88. The van der Waals surface area contributed by atoms with Crippen molar-refractivity contribution in [3.05, 3.63) is 24.2 Å². The Hall–Kier alpha value is -0.760. The van der Waals surface area contributed by atoms with Crippen LogP contribution in [0.4, 0.5) is 0 Å². The fourth-order valence-corrected chi connectivity index (χ4v) is 0.484. The molecule has 0 amide bonds. The summed E-state index contributed by atoms with van der Waals surface area (Å²) in [5.74, 6) is 0.743. The average molecular weight is 111 g/mol. The van der Waals surface area contributed by atoms with Crippen LogP contribution in [0.15, 0.2) is 16.7 Å². The van der Waals surface area contributed by atoms with Crippen LogP contribution in [0.2, 0.25) is 0 Å². The highest BCUT2D eigenvalue weighted by Crippen LogP contribution is 1.98. The summed E-state index contributed by atoms with van der Waals surface area (Å²) in [5.41, 5.74) is 0. The molecule has 0 N–H and O–H groups in total. The Labute approximate surface area is 48.1 Å². The van der Waals surface area contributed by atoms with E-state index in [1.54, 1.807) is 19.4 Å². The second kappa shape index (κ2) is 2.52. The zero-order valence-corrected chi connectivity index (χ0v) is 4.68. The van der Waals surface area contributed by atoms with Gasteiger partial charge >= 0.3 is 0 Å². The second-order valence-electron chi connectivity index (χ2n) is 1.42. The minimum atomic E-state index is 0.507. The predicted molar refractivity (Wildman–Crippen MR) is 28.3 cm³/mol. The third-order valence-electron chi connectivity index (χ3n) is 0.798. The van der Waals surface area contributed by atoms with Gasteiger partial charge in [-0.25, -0.2) is 0 Å². The highest BCUT2D eigenvalue weighted by molar-refractivity contribution is 4.93. The molecule has 0 unspecified atom stereocenters. The molecular weight excluding hydrogens is 104 g/mol. The summed E-state index contributed by atoms with van der Waals surface area (Å²) in [4.78, 5) is 0. The van der Waals surface area contributed by atoms with E-state index in [9.17, 15) is 0 Å². The molecule has 0 atom stereocenters. The van der Waals surface area contributed by atoms with E-state index >= 15 is 0 Å². The maximum absolute atomic E-state index is 4.89. The topological polar surface area (TPSA) is 22.4 Å². The van der Waals surface area contributed by atoms with Crippen molar-refractivity contribution >= 4 is 0 Å². The van der Waals surface area contributed by atoms with E-state index in [-0.39, 0.29) is 0 Å². The minimum absolute atomic E-state index is 0.507. The van der Waals surface area contributed by atoms with E-state index in [1.807, 2.05) is 0 Å². The standard InChI is InChI=1S/C6H7O2/c1-7-5-6-3-2-4-8-6/h2,4H,5H2,1H3. The van der Waals surface area contributed by atoms with Gasteiger partial charge in [-0.3, -0.25) is 0 Å². The third-order valence-corrected chi connectivity index (χ3v) is 0.798. The molecule has 0 aliphatic heterocycles. The second-order valence-corrected chi connectivity index (χ2v) is 1.42. The predicted octanol–water partition coefficient (Wildman–Crippen LogP) is 1.23. The van der Waals surface area contributed by atoms with Gasteiger partial charge in [-0.2, -0.15) is 0 Å². The molecule has 1 radical (unpaired) electrons. The molecule has 0 aliphatic carbocycles. The highest BCUT2D eigenvalue weighted by atomic mass is 16.5. The molecular formula is C6H7O2. The first kappa shape index (κ1) is 5.38. The summed E-state index contributed by atoms with van der Waals surface area (Å²) in [5, 5.41) is 0. The van der Waals surface area contributed by atoms with E-state index in [0.29, 0.717) is 6.61 Å². The van der Waals surface area contributed by atoms with Gasteiger partial charge in [0.25, 0.3) is 0 Å². The van der Waals surface area contributed by atoms with E-state index < -0.39 is 0 Å². The zero-order chi connectivity index (χ0) is 5.82. The number of ether oxygens (including phenoxy) is 1. The van der Waals surface area contributed by atoms with Gasteiger partial charge < -0.3 is 9.15 Å². The summed E-state index contributed by atoms with van der Waals surface area (Å²) < 4.78 is 9.65. The molecule has 0 bridgehead atoms. The van der Waals surface area contributed by atoms with Crippen molar-refractivity contribution in [2.45, 2.75) is 6.61 Å². The Morgan fingerprint density at radius 3 is 3.25 bits per heavy atom. The fourth-order valence-electron chi connectivity index (χ4n) is 0.484. The molecule has 0 saturated carbocycles. The van der Waals surface area contributed by atoms with Gasteiger partial charge in [-0.1, -0.05) is 0 Å². The first-order valence-electron chi connectivity index (χ1n) is 2.36. The van der Waals surface area contributed by atoms with Crippen LogP contribution in [0.3, 0.4) is 0 Å². The van der Waals surface area contributed by atoms with Crippen LogP contribution < -0.4 is 0 Å². The molecule has 1 rings (SSSR count). The van der Waals surface area contributed by atoms with Crippen LogP contribution in [0.5, 0.6) is 0 Å². The third kappa shape index (κ3) is 1.10. The van der Waals surface area contributed by atoms with Crippen LogP contribution in [0, 0.1) is 6.07 Å². The molecule has 1 heterocycles.